The second-order valence-corrected chi connectivity index (χ2v) is 6.56. The summed E-state index contributed by atoms with van der Waals surface area (Å²) in [7, 11) is 0. The second-order valence-electron chi connectivity index (χ2n) is 6.56. The molecule has 0 aromatic rings. The molecule has 2 heteroatoms. The monoisotopic (exact) mass is 224 g/mol. The van der Waals surface area contributed by atoms with E-state index >= 15 is 0 Å². The molecule has 1 aliphatic heterocycles. The molecule has 0 spiro atoms. The van der Waals surface area contributed by atoms with E-state index < -0.39 is 0 Å². The fourth-order valence-electron chi connectivity index (χ4n) is 3.23. The Kier molecular flexibility index (Phi) is 3.60. The Morgan fingerprint density at radius 1 is 1.19 bits per heavy atom. The smallest absolute Gasteiger partial charge is 0.0306 e. The number of nitrogens with two attached hydrogens (primary N) is 1. The van der Waals surface area contributed by atoms with E-state index in [0.29, 0.717) is 0 Å². The van der Waals surface area contributed by atoms with Crippen LogP contribution < -0.4 is 5.73 Å². The maximum atomic E-state index is 6.06. The van der Waals surface area contributed by atoms with Crippen LogP contribution in [0.4, 0.5) is 0 Å². The molecule has 1 saturated heterocycles. The lowest BCUT2D eigenvalue weighted by molar-refractivity contribution is 0.0854. The van der Waals surface area contributed by atoms with Crippen LogP contribution in [-0.4, -0.2) is 30.1 Å². The van der Waals surface area contributed by atoms with Crippen molar-refractivity contribution in [1.82, 2.24) is 4.90 Å². The molecular formula is C14H28N2. The van der Waals surface area contributed by atoms with Crippen molar-refractivity contribution in [2.45, 2.75) is 52.0 Å². The van der Waals surface area contributed by atoms with E-state index in [1.807, 2.05) is 0 Å². The molecule has 1 saturated carbocycles. The first-order valence-electron chi connectivity index (χ1n) is 7.00. The first-order valence-corrected chi connectivity index (χ1v) is 7.00. The Morgan fingerprint density at radius 2 is 1.75 bits per heavy atom. The van der Waals surface area contributed by atoms with Gasteiger partial charge in [-0.15, -0.1) is 0 Å². The van der Waals surface area contributed by atoms with E-state index in [4.69, 9.17) is 5.73 Å². The summed E-state index contributed by atoms with van der Waals surface area (Å²) in [6, 6.07) is 0. The topological polar surface area (TPSA) is 29.3 Å². The van der Waals surface area contributed by atoms with Crippen molar-refractivity contribution >= 4 is 0 Å². The lowest BCUT2D eigenvalue weighted by Crippen LogP contribution is -2.52. The van der Waals surface area contributed by atoms with Crippen molar-refractivity contribution in [3.8, 4) is 0 Å². The van der Waals surface area contributed by atoms with Crippen LogP contribution in [0.15, 0.2) is 0 Å². The molecule has 3 unspecified atom stereocenters. The number of nitrogens with zero attached hydrogens (tertiary/aromatic N) is 1. The molecule has 1 aliphatic carbocycles. The average Bonchev–Trinajstić information content (AvgIpc) is 2.53. The summed E-state index contributed by atoms with van der Waals surface area (Å²) in [6.07, 6.45) is 5.64. The third-order valence-corrected chi connectivity index (χ3v) is 5.14. The van der Waals surface area contributed by atoms with E-state index in [-0.39, 0.29) is 5.54 Å². The largest absolute Gasteiger partial charge is 0.329 e. The van der Waals surface area contributed by atoms with Gasteiger partial charge in [0.05, 0.1) is 0 Å². The minimum atomic E-state index is 0.268. The molecule has 2 rings (SSSR count). The number of likely N-dealkylation sites (tertiary alicyclic amines) is 1. The van der Waals surface area contributed by atoms with Crippen LogP contribution >= 0.6 is 0 Å². The van der Waals surface area contributed by atoms with Gasteiger partial charge in [-0.1, -0.05) is 33.1 Å². The van der Waals surface area contributed by atoms with Crippen molar-refractivity contribution in [2.75, 3.05) is 19.6 Å². The van der Waals surface area contributed by atoms with Crippen LogP contribution in [0.5, 0.6) is 0 Å². The fourth-order valence-corrected chi connectivity index (χ4v) is 3.23. The molecule has 94 valence electrons. The van der Waals surface area contributed by atoms with Gasteiger partial charge in [-0.2, -0.15) is 0 Å². The van der Waals surface area contributed by atoms with Gasteiger partial charge in [0.1, 0.15) is 0 Å². The highest BCUT2D eigenvalue weighted by Gasteiger charge is 2.39. The van der Waals surface area contributed by atoms with Gasteiger partial charge in [-0.3, -0.25) is 4.90 Å². The lowest BCUT2D eigenvalue weighted by atomic mass is 9.76. The molecule has 0 bridgehead atoms. The van der Waals surface area contributed by atoms with Crippen LogP contribution in [-0.2, 0) is 0 Å². The molecule has 2 fully saturated rings. The Morgan fingerprint density at radius 3 is 2.12 bits per heavy atom. The van der Waals surface area contributed by atoms with Gasteiger partial charge in [-0.05, 0) is 31.1 Å². The fraction of sp³-hybridized carbons (Fsp3) is 1.00. The molecule has 0 aromatic carbocycles. The molecule has 2 N–H and O–H groups in total. The van der Waals surface area contributed by atoms with Crippen LogP contribution in [0.2, 0.25) is 0 Å². The van der Waals surface area contributed by atoms with Crippen molar-refractivity contribution < 1.29 is 0 Å². The molecule has 1 heterocycles. The highest BCUT2D eigenvalue weighted by Crippen LogP contribution is 2.38. The highest BCUT2D eigenvalue weighted by atomic mass is 15.2. The summed E-state index contributed by atoms with van der Waals surface area (Å²) in [5, 5.41) is 0. The summed E-state index contributed by atoms with van der Waals surface area (Å²) >= 11 is 0. The molecular weight excluding hydrogens is 196 g/mol. The quantitative estimate of drug-likeness (QED) is 0.795. The first-order chi connectivity index (χ1) is 7.55. The van der Waals surface area contributed by atoms with Crippen molar-refractivity contribution in [1.29, 1.82) is 0 Å². The molecule has 0 radical (unpaired) electrons. The molecule has 16 heavy (non-hydrogen) atoms. The normalized spacial score (nSPS) is 36.0. The van der Waals surface area contributed by atoms with Crippen LogP contribution in [0, 0.1) is 17.8 Å². The Hall–Kier alpha value is -0.0800. The molecule has 2 aliphatic rings. The average molecular weight is 224 g/mol. The van der Waals surface area contributed by atoms with Crippen LogP contribution in [0.3, 0.4) is 0 Å². The van der Waals surface area contributed by atoms with Crippen molar-refractivity contribution in [3.05, 3.63) is 0 Å². The zero-order chi connectivity index (χ0) is 11.8. The van der Waals surface area contributed by atoms with Gasteiger partial charge >= 0.3 is 0 Å². The standard InChI is InChI=1S/C14H28N2/c1-11-8-16(9-12(11)2)14(3,10-15)7-13-5-4-6-13/h11-13H,4-10,15H2,1-3H3. The minimum Gasteiger partial charge on any atom is -0.329 e. The van der Waals surface area contributed by atoms with E-state index in [0.717, 1.165) is 24.3 Å². The predicted molar refractivity (Wildman–Crippen MR) is 69.3 cm³/mol. The maximum Gasteiger partial charge on any atom is 0.0306 e. The lowest BCUT2D eigenvalue weighted by Gasteiger charge is -2.43. The van der Waals surface area contributed by atoms with Gasteiger partial charge in [0.15, 0.2) is 0 Å². The van der Waals surface area contributed by atoms with Crippen molar-refractivity contribution in [2.24, 2.45) is 23.5 Å². The number of hydrogen-bond acceptors (Lipinski definition) is 2. The number of rotatable bonds is 4. The summed E-state index contributed by atoms with van der Waals surface area (Å²) in [5.41, 5.74) is 6.33. The van der Waals surface area contributed by atoms with Gasteiger partial charge in [-0.25, -0.2) is 0 Å². The zero-order valence-corrected chi connectivity index (χ0v) is 11.2. The second kappa shape index (κ2) is 4.66. The summed E-state index contributed by atoms with van der Waals surface area (Å²) in [4.78, 5) is 2.67. The molecule has 0 aromatic heterocycles. The zero-order valence-electron chi connectivity index (χ0n) is 11.2. The Bertz CT molecular complexity index is 227. The minimum absolute atomic E-state index is 0.268. The molecule has 3 atom stereocenters. The third-order valence-electron chi connectivity index (χ3n) is 5.14. The van der Waals surface area contributed by atoms with Crippen LogP contribution in [0.1, 0.15) is 46.5 Å². The van der Waals surface area contributed by atoms with Crippen LogP contribution in [0.25, 0.3) is 0 Å². The van der Waals surface area contributed by atoms with E-state index in [9.17, 15) is 0 Å². The van der Waals surface area contributed by atoms with Gasteiger partial charge in [0.2, 0.25) is 0 Å². The first kappa shape index (κ1) is 12.4. The van der Waals surface area contributed by atoms with Crippen molar-refractivity contribution in [3.63, 3.8) is 0 Å². The highest BCUT2D eigenvalue weighted by molar-refractivity contribution is 4.95. The number of hydrogen-bond donors (Lipinski definition) is 1. The maximum absolute atomic E-state index is 6.06. The van der Waals surface area contributed by atoms with E-state index in [2.05, 4.69) is 25.7 Å². The Balaban J connectivity index is 1.96. The Labute approximate surface area is 101 Å². The van der Waals surface area contributed by atoms with Gasteiger partial charge in [0, 0.05) is 25.2 Å². The van der Waals surface area contributed by atoms with Gasteiger partial charge < -0.3 is 5.73 Å². The van der Waals surface area contributed by atoms with Gasteiger partial charge in [0.25, 0.3) is 0 Å². The third kappa shape index (κ3) is 2.28. The summed E-state index contributed by atoms with van der Waals surface area (Å²) in [6.45, 7) is 10.5. The summed E-state index contributed by atoms with van der Waals surface area (Å²) in [5.74, 6) is 2.64. The van der Waals surface area contributed by atoms with E-state index in [1.54, 1.807) is 0 Å². The molecule has 2 nitrogen and oxygen atoms in total. The van der Waals surface area contributed by atoms with E-state index in [1.165, 1.54) is 38.8 Å². The molecule has 0 amide bonds. The SMILES string of the molecule is CC1CN(C(C)(CN)CC2CCC2)CC1C. The predicted octanol–water partition coefficient (Wildman–Crippen LogP) is 2.48. The summed E-state index contributed by atoms with van der Waals surface area (Å²) < 4.78 is 0.